The molecule has 0 unspecified atom stereocenters. The third-order valence-electron chi connectivity index (χ3n) is 3.10. The summed E-state index contributed by atoms with van der Waals surface area (Å²) in [7, 11) is 0. The van der Waals surface area contributed by atoms with Crippen molar-refractivity contribution in [1.82, 2.24) is 16.2 Å². The molecule has 0 bridgehead atoms. The lowest BCUT2D eigenvalue weighted by Crippen LogP contribution is -2.46. The van der Waals surface area contributed by atoms with Crippen molar-refractivity contribution < 1.29 is 27.9 Å². The van der Waals surface area contributed by atoms with Gasteiger partial charge in [-0.05, 0) is 36.4 Å². The van der Waals surface area contributed by atoms with Crippen LogP contribution in [0.3, 0.4) is 0 Å². The lowest BCUT2D eigenvalue weighted by atomic mass is 10.2. The van der Waals surface area contributed by atoms with Gasteiger partial charge in [-0.3, -0.25) is 25.2 Å². The summed E-state index contributed by atoms with van der Waals surface area (Å²) in [6, 6.07) is 13.2. The maximum Gasteiger partial charge on any atom is 0.387 e. The van der Waals surface area contributed by atoms with E-state index in [1.165, 1.54) is 24.3 Å². The van der Waals surface area contributed by atoms with Gasteiger partial charge in [0.25, 0.3) is 17.7 Å². The fraction of sp³-hybridized carbons (Fsp3) is 0.118. The number of hydrogen-bond donors (Lipinski definition) is 3. The van der Waals surface area contributed by atoms with Crippen LogP contribution in [0.2, 0.25) is 0 Å². The topological polar surface area (TPSA) is 96.5 Å². The molecule has 0 saturated heterocycles. The first-order chi connectivity index (χ1) is 12.5. The molecule has 0 aromatic heterocycles. The Morgan fingerprint density at radius 2 is 1.46 bits per heavy atom. The predicted molar refractivity (Wildman–Crippen MR) is 87.5 cm³/mol. The molecule has 2 aromatic rings. The molecule has 0 aliphatic heterocycles. The second kappa shape index (κ2) is 9.11. The minimum absolute atomic E-state index is 0.0853. The van der Waals surface area contributed by atoms with Crippen molar-refractivity contribution in [3.63, 3.8) is 0 Å². The summed E-state index contributed by atoms with van der Waals surface area (Å²) in [5.74, 6) is -1.81. The summed E-state index contributed by atoms with van der Waals surface area (Å²) in [5, 5.41) is 2.33. The van der Waals surface area contributed by atoms with E-state index in [2.05, 4.69) is 20.9 Å². The van der Waals surface area contributed by atoms with Gasteiger partial charge in [-0.2, -0.15) is 8.78 Å². The highest BCUT2D eigenvalue weighted by Gasteiger charge is 2.11. The number of amides is 3. The third-order valence-corrected chi connectivity index (χ3v) is 3.10. The highest BCUT2D eigenvalue weighted by molar-refractivity contribution is 5.98. The van der Waals surface area contributed by atoms with Gasteiger partial charge in [-0.25, -0.2) is 0 Å². The third kappa shape index (κ3) is 5.86. The van der Waals surface area contributed by atoms with Crippen LogP contribution in [-0.2, 0) is 4.79 Å². The Morgan fingerprint density at radius 1 is 0.846 bits per heavy atom. The standard InChI is InChI=1S/C17H15F2N3O4/c18-17(19)26-13-8-6-12(7-9-13)15(24)20-10-14(23)21-22-16(25)11-4-2-1-3-5-11/h1-9,17H,10H2,(H,20,24)(H,21,23)(H,22,25). The van der Waals surface area contributed by atoms with Gasteiger partial charge < -0.3 is 10.1 Å². The lowest BCUT2D eigenvalue weighted by Gasteiger charge is -2.09. The van der Waals surface area contributed by atoms with Gasteiger partial charge >= 0.3 is 6.61 Å². The van der Waals surface area contributed by atoms with Gasteiger partial charge in [-0.1, -0.05) is 18.2 Å². The molecule has 0 radical (unpaired) electrons. The van der Waals surface area contributed by atoms with Crippen LogP contribution >= 0.6 is 0 Å². The zero-order chi connectivity index (χ0) is 18.9. The molecule has 0 heterocycles. The SMILES string of the molecule is O=C(CNC(=O)c1ccc(OC(F)F)cc1)NNC(=O)c1ccccc1. The zero-order valence-corrected chi connectivity index (χ0v) is 13.4. The molecule has 136 valence electrons. The molecule has 3 N–H and O–H groups in total. The summed E-state index contributed by atoms with van der Waals surface area (Å²) in [6.45, 7) is -3.34. The van der Waals surface area contributed by atoms with Crippen LogP contribution in [0.5, 0.6) is 5.75 Å². The van der Waals surface area contributed by atoms with E-state index in [9.17, 15) is 23.2 Å². The second-order valence-corrected chi connectivity index (χ2v) is 4.95. The van der Waals surface area contributed by atoms with Crippen molar-refractivity contribution in [1.29, 1.82) is 0 Å². The molecule has 0 atom stereocenters. The molecular weight excluding hydrogens is 348 g/mol. The van der Waals surface area contributed by atoms with Crippen LogP contribution in [0.25, 0.3) is 0 Å². The van der Waals surface area contributed by atoms with Crippen LogP contribution in [0.15, 0.2) is 54.6 Å². The van der Waals surface area contributed by atoms with E-state index in [1.807, 2.05) is 0 Å². The van der Waals surface area contributed by atoms with E-state index in [0.29, 0.717) is 5.56 Å². The van der Waals surface area contributed by atoms with E-state index in [1.54, 1.807) is 30.3 Å². The summed E-state index contributed by atoms with van der Waals surface area (Å²) < 4.78 is 28.3. The number of hydrazine groups is 1. The summed E-state index contributed by atoms with van der Waals surface area (Å²) in [5.41, 5.74) is 4.90. The maximum absolute atomic E-state index is 12.1. The van der Waals surface area contributed by atoms with E-state index in [-0.39, 0.29) is 17.9 Å². The first kappa shape index (κ1) is 18.8. The van der Waals surface area contributed by atoms with E-state index < -0.39 is 24.3 Å². The molecule has 9 heteroatoms. The Hall–Kier alpha value is -3.49. The van der Waals surface area contributed by atoms with Crippen LogP contribution in [0.1, 0.15) is 20.7 Å². The fourth-order valence-corrected chi connectivity index (χ4v) is 1.88. The molecule has 7 nitrogen and oxygen atoms in total. The number of carbonyl (C=O) groups excluding carboxylic acids is 3. The number of hydrogen-bond acceptors (Lipinski definition) is 4. The number of carbonyl (C=O) groups is 3. The van der Waals surface area contributed by atoms with Gasteiger partial charge in [0.05, 0.1) is 6.54 Å². The molecule has 0 aliphatic carbocycles. The average molecular weight is 363 g/mol. The van der Waals surface area contributed by atoms with E-state index in [4.69, 9.17) is 0 Å². The van der Waals surface area contributed by atoms with Gasteiger partial charge in [0, 0.05) is 11.1 Å². The molecule has 0 aliphatic rings. The number of alkyl halides is 2. The van der Waals surface area contributed by atoms with Crippen molar-refractivity contribution in [2.24, 2.45) is 0 Å². The van der Waals surface area contributed by atoms with Gasteiger partial charge in [0.1, 0.15) is 5.75 Å². The van der Waals surface area contributed by atoms with Crippen LogP contribution in [0, 0.1) is 0 Å². The van der Waals surface area contributed by atoms with Gasteiger partial charge in [0.15, 0.2) is 0 Å². The monoisotopic (exact) mass is 363 g/mol. The number of ether oxygens (including phenoxy) is 1. The number of nitrogens with one attached hydrogen (secondary N) is 3. The molecule has 3 amide bonds. The smallest absolute Gasteiger partial charge is 0.387 e. The van der Waals surface area contributed by atoms with E-state index in [0.717, 1.165) is 0 Å². The molecule has 0 saturated carbocycles. The summed E-state index contributed by atoms with van der Waals surface area (Å²) in [6.07, 6.45) is 0. The normalized spacial score (nSPS) is 10.1. The maximum atomic E-state index is 12.1. The Morgan fingerprint density at radius 3 is 2.08 bits per heavy atom. The van der Waals surface area contributed by atoms with Crippen LogP contribution < -0.4 is 20.9 Å². The Kier molecular flexibility index (Phi) is 6.60. The number of benzene rings is 2. The highest BCUT2D eigenvalue weighted by Crippen LogP contribution is 2.14. The van der Waals surface area contributed by atoms with Crippen molar-refractivity contribution in [3.05, 3.63) is 65.7 Å². The van der Waals surface area contributed by atoms with Crippen LogP contribution in [0.4, 0.5) is 8.78 Å². The predicted octanol–water partition coefficient (Wildman–Crippen LogP) is 1.48. The quantitative estimate of drug-likeness (QED) is 0.678. The first-order valence-corrected chi connectivity index (χ1v) is 7.43. The lowest BCUT2D eigenvalue weighted by molar-refractivity contribution is -0.120. The van der Waals surface area contributed by atoms with Crippen molar-refractivity contribution in [2.45, 2.75) is 6.61 Å². The largest absolute Gasteiger partial charge is 0.435 e. The molecule has 26 heavy (non-hydrogen) atoms. The van der Waals surface area contributed by atoms with Crippen molar-refractivity contribution in [2.75, 3.05) is 6.54 Å². The van der Waals surface area contributed by atoms with Crippen LogP contribution in [-0.4, -0.2) is 30.9 Å². The Labute approximate surface area is 147 Å². The molecule has 0 spiro atoms. The zero-order valence-electron chi connectivity index (χ0n) is 13.4. The molecule has 0 fully saturated rings. The van der Waals surface area contributed by atoms with Crippen molar-refractivity contribution >= 4 is 17.7 Å². The minimum atomic E-state index is -2.95. The molecule has 2 rings (SSSR count). The van der Waals surface area contributed by atoms with Crippen molar-refractivity contribution in [3.8, 4) is 5.75 Å². The molecular formula is C17H15F2N3O4. The second-order valence-electron chi connectivity index (χ2n) is 4.95. The van der Waals surface area contributed by atoms with Gasteiger partial charge in [-0.15, -0.1) is 0 Å². The molecule has 2 aromatic carbocycles. The average Bonchev–Trinajstić information content (AvgIpc) is 2.65. The number of rotatable bonds is 6. The Balaban J connectivity index is 1.76. The van der Waals surface area contributed by atoms with Gasteiger partial charge in [0.2, 0.25) is 0 Å². The fourth-order valence-electron chi connectivity index (χ4n) is 1.88. The number of halogens is 2. The van der Waals surface area contributed by atoms with E-state index >= 15 is 0 Å². The minimum Gasteiger partial charge on any atom is -0.435 e. The first-order valence-electron chi connectivity index (χ1n) is 7.43. The highest BCUT2D eigenvalue weighted by atomic mass is 19.3. The Bertz CT molecular complexity index is 767. The summed E-state index contributed by atoms with van der Waals surface area (Å²) in [4.78, 5) is 35.3. The summed E-state index contributed by atoms with van der Waals surface area (Å²) >= 11 is 0.